The van der Waals surface area contributed by atoms with E-state index in [1.54, 1.807) is 32.1 Å². The molecule has 0 unspecified atom stereocenters. The lowest BCUT2D eigenvalue weighted by Gasteiger charge is -2.60. The fourth-order valence-electron chi connectivity index (χ4n) is 6.39. The van der Waals surface area contributed by atoms with Crippen LogP contribution in [0.1, 0.15) is 51.9 Å². The van der Waals surface area contributed by atoms with Gasteiger partial charge in [0.15, 0.2) is 0 Å². The molecule has 0 atom stereocenters. The van der Waals surface area contributed by atoms with Gasteiger partial charge in [-0.1, -0.05) is 6.92 Å². The number of rotatable bonds is 1. The average molecular weight is 233 g/mol. The van der Waals surface area contributed by atoms with Crippen molar-refractivity contribution in [3.05, 3.63) is 0 Å². The molecule has 0 radical (unpaired) electrons. The molecule has 4 aliphatic carbocycles. The van der Waals surface area contributed by atoms with Crippen molar-refractivity contribution in [3.8, 4) is 0 Å². The number of piperidine rings is 1. The minimum atomic E-state index is 0.688. The van der Waals surface area contributed by atoms with Crippen LogP contribution in [0.25, 0.3) is 0 Å². The normalized spacial score (nSPS) is 51.7. The minimum absolute atomic E-state index is 0.688. The van der Waals surface area contributed by atoms with E-state index >= 15 is 0 Å². The molecule has 17 heavy (non-hydrogen) atoms. The second-order valence-corrected chi connectivity index (χ2v) is 7.86. The average Bonchev–Trinajstić information content (AvgIpc) is 2.27. The Morgan fingerprint density at radius 3 is 1.88 bits per heavy atom. The van der Waals surface area contributed by atoms with Crippen LogP contribution in [0.4, 0.5) is 0 Å². The highest BCUT2D eigenvalue weighted by molar-refractivity contribution is 5.04. The molecular formula is C16H27N. The van der Waals surface area contributed by atoms with E-state index in [1.807, 2.05) is 0 Å². The van der Waals surface area contributed by atoms with Crippen molar-refractivity contribution >= 4 is 0 Å². The summed E-state index contributed by atoms with van der Waals surface area (Å²) in [4.78, 5) is 0. The summed E-state index contributed by atoms with van der Waals surface area (Å²) in [6.07, 6.45) is 10.9. The molecule has 0 aromatic carbocycles. The zero-order valence-corrected chi connectivity index (χ0v) is 11.3. The second-order valence-electron chi connectivity index (χ2n) is 7.86. The third-order valence-electron chi connectivity index (χ3n) is 6.78. The number of hydrogen-bond acceptors (Lipinski definition) is 1. The topological polar surface area (TPSA) is 12.0 Å². The highest BCUT2D eigenvalue weighted by atomic mass is 14.9. The lowest BCUT2D eigenvalue weighted by molar-refractivity contribution is -0.100. The van der Waals surface area contributed by atoms with Gasteiger partial charge in [0, 0.05) is 0 Å². The number of nitrogens with one attached hydrogen (secondary N) is 1. The summed E-state index contributed by atoms with van der Waals surface area (Å²) in [6, 6.07) is 0. The Morgan fingerprint density at radius 1 is 0.824 bits per heavy atom. The third kappa shape index (κ3) is 1.61. The van der Waals surface area contributed by atoms with Gasteiger partial charge in [-0.3, -0.25) is 0 Å². The van der Waals surface area contributed by atoms with Crippen LogP contribution < -0.4 is 5.32 Å². The van der Waals surface area contributed by atoms with Crippen molar-refractivity contribution in [3.63, 3.8) is 0 Å². The maximum Gasteiger partial charge on any atom is -0.00436 e. The van der Waals surface area contributed by atoms with E-state index in [0.29, 0.717) is 5.41 Å². The van der Waals surface area contributed by atoms with Crippen molar-refractivity contribution in [1.29, 1.82) is 0 Å². The molecule has 0 amide bonds. The van der Waals surface area contributed by atoms with Crippen molar-refractivity contribution in [2.75, 3.05) is 13.1 Å². The number of hydrogen-bond donors (Lipinski definition) is 1. The summed E-state index contributed by atoms with van der Waals surface area (Å²) in [5, 5.41) is 3.56. The molecule has 5 fully saturated rings. The van der Waals surface area contributed by atoms with Crippen LogP contribution in [0.5, 0.6) is 0 Å². The second kappa shape index (κ2) is 3.73. The van der Waals surface area contributed by atoms with Gasteiger partial charge in [-0.2, -0.15) is 0 Å². The van der Waals surface area contributed by atoms with E-state index in [2.05, 4.69) is 12.2 Å². The van der Waals surface area contributed by atoms with E-state index in [4.69, 9.17) is 0 Å². The Bertz CT molecular complexity index is 275. The third-order valence-corrected chi connectivity index (χ3v) is 6.78. The molecule has 1 heterocycles. The molecule has 1 saturated heterocycles. The van der Waals surface area contributed by atoms with E-state index in [1.165, 1.54) is 25.9 Å². The van der Waals surface area contributed by atoms with Crippen molar-refractivity contribution in [1.82, 2.24) is 5.32 Å². The first-order valence-electron chi connectivity index (χ1n) is 7.95. The van der Waals surface area contributed by atoms with Crippen LogP contribution in [0.15, 0.2) is 0 Å². The van der Waals surface area contributed by atoms with Crippen molar-refractivity contribution in [2.24, 2.45) is 35.0 Å². The highest BCUT2D eigenvalue weighted by Gasteiger charge is 2.53. The molecule has 96 valence electrons. The van der Waals surface area contributed by atoms with Gasteiger partial charge < -0.3 is 5.32 Å². The van der Waals surface area contributed by atoms with E-state index < -0.39 is 0 Å². The Balaban J connectivity index is 1.61. The zero-order chi connectivity index (χ0) is 11.5. The van der Waals surface area contributed by atoms with Crippen LogP contribution in [0.2, 0.25) is 0 Å². The largest absolute Gasteiger partial charge is 0.317 e. The Kier molecular flexibility index (Phi) is 2.38. The summed E-state index contributed by atoms with van der Waals surface area (Å²) in [7, 11) is 0. The van der Waals surface area contributed by atoms with Gasteiger partial charge in [0.05, 0.1) is 0 Å². The van der Waals surface area contributed by atoms with E-state index in [0.717, 1.165) is 29.6 Å². The van der Waals surface area contributed by atoms with E-state index in [9.17, 15) is 0 Å². The molecule has 5 rings (SSSR count). The van der Waals surface area contributed by atoms with Gasteiger partial charge in [0.1, 0.15) is 0 Å². The quantitative estimate of drug-likeness (QED) is 0.731. The summed E-state index contributed by atoms with van der Waals surface area (Å²) in [6.45, 7) is 5.18. The standard InChI is InChI=1S/C16H27N/c1-16(2-4-17-5-3-16)15-13-7-11-6-12(9-13)10-14(15)8-11/h11-15,17H,2-10H2,1H3. The van der Waals surface area contributed by atoms with Crippen molar-refractivity contribution in [2.45, 2.75) is 51.9 Å². The van der Waals surface area contributed by atoms with Crippen LogP contribution in [0.3, 0.4) is 0 Å². The Morgan fingerprint density at radius 2 is 1.35 bits per heavy atom. The lowest BCUT2D eigenvalue weighted by atomic mass is 9.46. The summed E-state index contributed by atoms with van der Waals surface area (Å²) >= 11 is 0. The van der Waals surface area contributed by atoms with Crippen molar-refractivity contribution < 1.29 is 0 Å². The first-order chi connectivity index (χ1) is 8.24. The molecule has 0 aromatic rings. The molecule has 1 nitrogen and oxygen atoms in total. The molecule has 4 bridgehead atoms. The smallest absolute Gasteiger partial charge is 0.00436 e. The molecule has 1 aliphatic heterocycles. The summed E-state index contributed by atoms with van der Waals surface area (Å²) in [5.41, 5.74) is 0.688. The monoisotopic (exact) mass is 233 g/mol. The maximum atomic E-state index is 3.56. The minimum Gasteiger partial charge on any atom is -0.317 e. The molecule has 5 aliphatic rings. The summed E-state index contributed by atoms with van der Waals surface area (Å²) < 4.78 is 0. The van der Waals surface area contributed by atoms with E-state index in [-0.39, 0.29) is 0 Å². The molecule has 0 spiro atoms. The van der Waals surface area contributed by atoms with Crippen LogP contribution in [-0.2, 0) is 0 Å². The molecule has 0 aromatic heterocycles. The van der Waals surface area contributed by atoms with Gasteiger partial charge in [-0.25, -0.2) is 0 Å². The van der Waals surface area contributed by atoms with Crippen LogP contribution in [-0.4, -0.2) is 13.1 Å². The van der Waals surface area contributed by atoms with Gasteiger partial charge >= 0.3 is 0 Å². The van der Waals surface area contributed by atoms with Gasteiger partial charge in [-0.15, -0.1) is 0 Å². The fraction of sp³-hybridized carbons (Fsp3) is 1.00. The van der Waals surface area contributed by atoms with Gasteiger partial charge in [0.2, 0.25) is 0 Å². The first kappa shape index (κ1) is 10.8. The summed E-state index contributed by atoms with van der Waals surface area (Å²) in [5.74, 6) is 5.61. The van der Waals surface area contributed by atoms with Crippen LogP contribution in [0, 0.1) is 35.0 Å². The Labute approximate surface area is 106 Å². The lowest BCUT2D eigenvalue weighted by Crippen LogP contribution is -2.53. The highest BCUT2D eigenvalue weighted by Crippen LogP contribution is 2.62. The fourth-order valence-corrected chi connectivity index (χ4v) is 6.39. The molecular weight excluding hydrogens is 206 g/mol. The predicted octanol–water partition coefficient (Wildman–Crippen LogP) is 3.45. The molecule has 4 saturated carbocycles. The maximum absolute atomic E-state index is 3.56. The van der Waals surface area contributed by atoms with Gasteiger partial charge in [-0.05, 0) is 93.0 Å². The zero-order valence-electron chi connectivity index (χ0n) is 11.3. The molecule has 1 heteroatoms. The first-order valence-corrected chi connectivity index (χ1v) is 7.95. The van der Waals surface area contributed by atoms with Gasteiger partial charge in [0.25, 0.3) is 0 Å². The molecule has 1 N–H and O–H groups in total. The predicted molar refractivity (Wildman–Crippen MR) is 70.7 cm³/mol. The SMILES string of the molecule is CC1(C2C3CC4CC(C3)CC2C4)CCNCC1. The Hall–Kier alpha value is -0.0400. The van der Waals surface area contributed by atoms with Crippen LogP contribution >= 0.6 is 0 Å².